The van der Waals surface area contributed by atoms with Crippen molar-refractivity contribution in [3.63, 3.8) is 0 Å². The zero-order valence-corrected chi connectivity index (χ0v) is 17.1. The topological polar surface area (TPSA) is 56.1 Å². The molecule has 29 heavy (non-hydrogen) atoms. The number of hydrogen-bond acceptors (Lipinski definition) is 4. The fraction of sp³-hybridized carbons (Fsp3) is 0.130. The van der Waals surface area contributed by atoms with E-state index in [0.29, 0.717) is 11.4 Å². The van der Waals surface area contributed by atoms with Gasteiger partial charge in [-0.15, -0.1) is 0 Å². The van der Waals surface area contributed by atoms with Crippen molar-refractivity contribution in [1.82, 2.24) is 9.55 Å². The Bertz CT molecular complexity index is 1150. The zero-order valence-electron chi connectivity index (χ0n) is 16.3. The van der Waals surface area contributed by atoms with Gasteiger partial charge in [0.1, 0.15) is 5.75 Å². The molecule has 0 aliphatic heterocycles. The van der Waals surface area contributed by atoms with Crippen LogP contribution in [0.15, 0.2) is 78.0 Å². The van der Waals surface area contributed by atoms with Crippen LogP contribution in [0.5, 0.6) is 5.75 Å². The van der Waals surface area contributed by atoms with Gasteiger partial charge in [-0.2, -0.15) is 0 Å². The summed E-state index contributed by atoms with van der Waals surface area (Å²) in [5.74, 6) is 0.771. The Balaban J connectivity index is 1.58. The van der Waals surface area contributed by atoms with Crippen molar-refractivity contribution in [2.75, 3.05) is 18.2 Å². The van der Waals surface area contributed by atoms with Crippen molar-refractivity contribution in [2.24, 2.45) is 0 Å². The maximum absolute atomic E-state index is 12.5. The third kappa shape index (κ3) is 4.12. The van der Waals surface area contributed by atoms with Gasteiger partial charge in [0, 0.05) is 5.69 Å². The highest BCUT2D eigenvalue weighted by atomic mass is 32.2. The predicted octanol–water partition coefficient (Wildman–Crippen LogP) is 5.07. The molecule has 0 bridgehead atoms. The molecule has 3 aromatic carbocycles. The minimum absolute atomic E-state index is 0.109. The molecule has 0 unspecified atom stereocenters. The fourth-order valence-corrected chi connectivity index (χ4v) is 3.94. The number of benzene rings is 3. The van der Waals surface area contributed by atoms with E-state index < -0.39 is 0 Å². The summed E-state index contributed by atoms with van der Waals surface area (Å²) in [6.07, 6.45) is 0. The number of amides is 1. The minimum Gasteiger partial charge on any atom is -0.495 e. The molecular weight excluding hydrogens is 382 g/mol. The molecule has 5 nitrogen and oxygen atoms in total. The maximum Gasteiger partial charge on any atom is 0.234 e. The van der Waals surface area contributed by atoms with Gasteiger partial charge in [0.05, 0.1) is 29.6 Å². The maximum atomic E-state index is 12.5. The van der Waals surface area contributed by atoms with Crippen molar-refractivity contribution in [3.05, 3.63) is 78.4 Å². The van der Waals surface area contributed by atoms with E-state index in [4.69, 9.17) is 9.72 Å². The summed E-state index contributed by atoms with van der Waals surface area (Å²) in [6.45, 7) is 2.06. The number of aryl methyl sites for hydroxylation is 1. The van der Waals surface area contributed by atoms with Gasteiger partial charge in [-0.1, -0.05) is 53.7 Å². The lowest BCUT2D eigenvalue weighted by molar-refractivity contribution is -0.113. The Kier molecular flexibility index (Phi) is 5.53. The summed E-state index contributed by atoms with van der Waals surface area (Å²) in [5.41, 5.74) is 4.80. The Labute approximate surface area is 173 Å². The van der Waals surface area contributed by atoms with Crippen LogP contribution in [-0.4, -0.2) is 28.3 Å². The van der Waals surface area contributed by atoms with Crippen molar-refractivity contribution in [2.45, 2.75) is 12.1 Å². The van der Waals surface area contributed by atoms with E-state index in [1.165, 1.54) is 17.3 Å². The van der Waals surface area contributed by atoms with Crippen molar-refractivity contribution < 1.29 is 9.53 Å². The van der Waals surface area contributed by atoms with Gasteiger partial charge in [0.2, 0.25) is 5.91 Å². The van der Waals surface area contributed by atoms with E-state index >= 15 is 0 Å². The lowest BCUT2D eigenvalue weighted by atomic mass is 10.2. The van der Waals surface area contributed by atoms with E-state index in [9.17, 15) is 4.79 Å². The second-order valence-corrected chi connectivity index (χ2v) is 7.53. The average Bonchev–Trinajstić information content (AvgIpc) is 3.12. The quantitative estimate of drug-likeness (QED) is 0.457. The largest absolute Gasteiger partial charge is 0.495 e. The van der Waals surface area contributed by atoms with Crippen LogP contribution in [0.4, 0.5) is 5.69 Å². The number of anilines is 1. The average molecular weight is 404 g/mol. The molecule has 0 saturated carbocycles. The summed E-state index contributed by atoms with van der Waals surface area (Å²) in [4.78, 5) is 17.3. The van der Waals surface area contributed by atoms with Crippen molar-refractivity contribution >= 4 is 34.4 Å². The molecule has 1 aromatic heterocycles. The lowest BCUT2D eigenvalue weighted by Crippen LogP contribution is -2.15. The van der Waals surface area contributed by atoms with Crippen LogP contribution in [0.2, 0.25) is 0 Å². The van der Waals surface area contributed by atoms with Crippen molar-refractivity contribution in [3.8, 4) is 11.4 Å². The molecule has 0 spiro atoms. The van der Waals surface area contributed by atoms with E-state index in [1.54, 1.807) is 7.11 Å². The minimum atomic E-state index is -0.109. The van der Waals surface area contributed by atoms with Crippen LogP contribution in [0.3, 0.4) is 0 Å². The molecule has 0 aliphatic carbocycles. The first-order valence-corrected chi connectivity index (χ1v) is 10.2. The van der Waals surface area contributed by atoms with Gasteiger partial charge in [0.15, 0.2) is 5.16 Å². The molecule has 1 heterocycles. The molecule has 0 aliphatic rings. The van der Waals surface area contributed by atoms with Crippen molar-refractivity contribution in [1.29, 1.82) is 0 Å². The monoisotopic (exact) mass is 403 g/mol. The van der Waals surface area contributed by atoms with Gasteiger partial charge in [-0.25, -0.2) is 4.98 Å². The van der Waals surface area contributed by atoms with Crippen LogP contribution in [0.1, 0.15) is 5.56 Å². The SMILES string of the molecule is COc1ccccc1NC(=O)CSc1nc2ccccc2n1-c1ccc(C)cc1. The number of para-hydroxylation sites is 4. The van der Waals surface area contributed by atoms with Gasteiger partial charge >= 0.3 is 0 Å². The van der Waals surface area contributed by atoms with Crippen LogP contribution in [0, 0.1) is 6.92 Å². The molecule has 4 aromatic rings. The van der Waals surface area contributed by atoms with E-state index in [-0.39, 0.29) is 11.7 Å². The number of fused-ring (bicyclic) bond motifs is 1. The standard InChI is InChI=1S/C23H21N3O2S/c1-16-11-13-17(14-12-16)26-20-9-5-3-7-18(20)25-23(26)29-15-22(27)24-19-8-4-6-10-21(19)28-2/h3-14H,15H2,1-2H3,(H,24,27). The first kappa shape index (κ1) is 19.1. The first-order chi connectivity index (χ1) is 14.2. The third-order valence-corrected chi connectivity index (χ3v) is 5.47. The van der Waals surface area contributed by atoms with Crippen LogP contribution < -0.4 is 10.1 Å². The number of nitrogens with one attached hydrogen (secondary N) is 1. The number of thioether (sulfide) groups is 1. The Hall–Kier alpha value is -3.25. The van der Waals surface area contributed by atoms with Gasteiger partial charge in [-0.3, -0.25) is 9.36 Å². The summed E-state index contributed by atoms with van der Waals surface area (Å²) >= 11 is 1.41. The second kappa shape index (κ2) is 8.41. The Morgan fingerprint density at radius 2 is 1.76 bits per heavy atom. The van der Waals surface area contributed by atoms with Crippen LogP contribution in [0.25, 0.3) is 16.7 Å². The molecule has 6 heteroatoms. The molecule has 1 N–H and O–H groups in total. The molecule has 1 amide bonds. The second-order valence-electron chi connectivity index (χ2n) is 6.59. The smallest absolute Gasteiger partial charge is 0.234 e. The zero-order chi connectivity index (χ0) is 20.2. The first-order valence-electron chi connectivity index (χ1n) is 9.26. The number of aromatic nitrogens is 2. The molecule has 0 fully saturated rings. The molecular formula is C23H21N3O2S. The Morgan fingerprint density at radius 3 is 2.55 bits per heavy atom. The highest BCUT2D eigenvalue weighted by molar-refractivity contribution is 7.99. The summed E-state index contributed by atoms with van der Waals surface area (Å²) in [7, 11) is 1.59. The number of nitrogens with zero attached hydrogens (tertiary/aromatic N) is 2. The number of ether oxygens (including phenoxy) is 1. The normalized spacial score (nSPS) is 10.8. The summed E-state index contributed by atoms with van der Waals surface area (Å²) in [6, 6.07) is 23.7. The molecule has 4 rings (SSSR count). The van der Waals surface area contributed by atoms with Gasteiger partial charge < -0.3 is 10.1 Å². The highest BCUT2D eigenvalue weighted by Crippen LogP contribution is 2.29. The van der Waals surface area contributed by atoms with Crippen LogP contribution >= 0.6 is 11.8 Å². The number of methoxy groups -OCH3 is 1. The fourth-order valence-electron chi connectivity index (χ4n) is 3.11. The number of carbonyl (C=O) groups is 1. The Morgan fingerprint density at radius 1 is 1.03 bits per heavy atom. The predicted molar refractivity (Wildman–Crippen MR) is 118 cm³/mol. The number of carbonyl (C=O) groups excluding carboxylic acids is 1. The van der Waals surface area contributed by atoms with E-state index in [0.717, 1.165) is 21.9 Å². The lowest BCUT2D eigenvalue weighted by Gasteiger charge is -2.11. The third-order valence-electron chi connectivity index (χ3n) is 4.54. The molecule has 0 saturated heterocycles. The molecule has 0 atom stereocenters. The van der Waals surface area contributed by atoms with Crippen LogP contribution in [-0.2, 0) is 4.79 Å². The van der Waals surface area contributed by atoms with Gasteiger partial charge in [0.25, 0.3) is 0 Å². The summed E-state index contributed by atoms with van der Waals surface area (Å²) < 4.78 is 7.39. The molecule has 0 radical (unpaired) electrons. The number of rotatable bonds is 6. The molecule has 146 valence electrons. The van der Waals surface area contributed by atoms with Gasteiger partial charge in [-0.05, 0) is 43.3 Å². The summed E-state index contributed by atoms with van der Waals surface area (Å²) in [5, 5.41) is 3.69. The number of imidazole rings is 1. The number of hydrogen-bond donors (Lipinski definition) is 1. The highest BCUT2D eigenvalue weighted by Gasteiger charge is 2.15. The van der Waals surface area contributed by atoms with E-state index in [2.05, 4.69) is 41.1 Å². The van der Waals surface area contributed by atoms with E-state index in [1.807, 2.05) is 48.5 Å².